The molecule has 1 atom stereocenters. The minimum absolute atomic E-state index is 0.269. The molecule has 1 aromatic heterocycles. The molecule has 1 aliphatic rings. The van der Waals surface area contributed by atoms with Crippen LogP contribution < -0.4 is 10.5 Å². The molecule has 2 N–H and O–H groups in total. The van der Waals surface area contributed by atoms with Crippen LogP contribution in [0, 0.1) is 0 Å². The van der Waals surface area contributed by atoms with Crippen LogP contribution in [0.15, 0.2) is 30.5 Å². The molecule has 5 heteroatoms. The van der Waals surface area contributed by atoms with Crippen molar-refractivity contribution in [3.63, 3.8) is 0 Å². The van der Waals surface area contributed by atoms with Gasteiger partial charge < -0.3 is 15.4 Å². The lowest BCUT2D eigenvalue weighted by atomic mass is 10.1. The number of anilines is 1. The zero-order valence-corrected chi connectivity index (χ0v) is 12.6. The van der Waals surface area contributed by atoms with Crippen LogP contribution in [0.4, 0.5) is 5.82 Å². The van der Waals surface area contributed by atoms with E-state index in [4.69, 9.17) is 10.5 Å². The van der Waals surface area contributed by atoms with E-state index in [1.54, 1.807) is 10.9 Å². The zero-order chi connectivity index (χ0) is 14.8. The van der Waals surface area contributed by atoms with Gasteiger partial charge in [0.1, 0.15) is 17.7 Å². The van der Waals surface area contributed by atoms with E-state index in [-0.39, 0.29) is 6.10 Å². The van der Waals surface area contributed by atoms with Crippen LogP contribution in [0.1, 0.15) is 12.8 Å². The standard InChI is InChI=1S/C16H22N4O/c1-19-8-4-7-14(11-19)21-13-6-3-5-12(9-13)15-10-18-20(2)16(15)17/h3,5-6,9-10,14H,4,7-8,11,17H2,1-2H3. The van der Waals surface area contributed by atoms with E-state index in [0.29, 0.717) is 5.82 Å². The van der Waals surface area contributed by atoms with Gasteiger partial charge in [-0.3, -0.25) is 4.68 Å². The first-order valence-corrected chi connectivity index (χ1v) is 7.36. The Morgan fingerprint density at radius 1 is 1.33 bits per heavy atom. The molecule has 1 aromatic carbocycles. The number of piperidine rings is 1. The predicted octanol–water partition coefficient (Wildman–Crippen LogP) is 2.14. The summed E-state index contributed by atoms with van der Waals surface area (Å²) in [6.45, 7) is 2.14. The van der Waals surface area contributed by atoms with Gasteiger partial charge in [-0.15, -0.1) is 0 Å². The fraction of sp³-hybridized carbons (Fsp3) is 0.438. The van der Waals surface area contributed by atoms with E-state index in [1.807, 2.05) is 31.3 Å². The first kappa shape index (κ1) is 13.9. The van der Waals surface area contributed by atoms with Crippen molar-refractivity contribution in [3.05, 3.63) is 30.5 Å². The van der Waals surface area contributed by atoms with Gasteiger partial charge in [0.15, 0.2) is 0 Å². The van der Waals surface area contributed by atoms with Crippen LogP contribution in [0.25, 0.3) is 11.1 Å². The predicted molar refractivity (Wildman–Crippen MR) is 84.2 cm³/mol. The average Bonchev–Trinajstić information content (AvgIpc) is 2.79. The number of nitrogen functional groups attached to an aromatic ring is 1. The van der Waals surface area contributed by atoms with E-state index in [1.165, 1.54) is 6.42 Å². The first-order chi connectivity index (χ1) is 10.1. The second kappa shape index (κ2) is 5.77. The van der Waals surface area contributed by atoms with Crippen LogP contribution in [-0.2, 0) is 7.05 Å². The number of hydrogen-bond donors (Lipinski definition) is 1. The van der Waals surface area contributed by atoms with Crippen LogP contribution in [-0.4, -0.2) is 40.9 Å². The molecule has 5 nitrogen and oxygen atoms in total. The normalized spacial score (nSPS) is 19.6. The third-order valence-corrected chi connectivity index (χ3v) is 4.01. The van der Waals surface area contributed by atoms with Crippen molar-refractivity contribution in [3.8, 4) is 16.9 Å². The number of likely N-dealkylation sites (tertiary alicyclic amines) is 1. The van der Waals surface area contributed by atoms with Crippen molar-refractivity contribution >= 4 is 5.82 Å². The van der Waals surface area contributed by atoms with Crippen molar-refractivity contribution in [2.24, 2.45) is 7.05 Å². The van der Waals surface area contributed by atoms with E-state index in [2.05, 4.69) is 17.0 Å². The van der Waals surface area contributed by atoms with Gasteiger partial charge in [-0.25, -0.2) is 0 Å². The quantitative estimate of drug-likeness (QED) is 0.939. The summed E-state index contributed by atoms with van der Waals surface area (Å²) in [5.74, 6) is 1.57. The Hall–Kier alpha value is -2.01. The molecule has 21 heavy (non-hydrogen) atoms. The molecule has 1 unspecified atom stereocenters. The number of aromatic nitrogens is 2. The van der Waals surface area contributed by atoms with Gasteiger partial charge in [-0.05, 0) is 44.1 Å². The maximum atomic E-state index is 6.12. The molecular formula is C16H22N4O. The molecule has 0 amide bonds. The molecule has 0 saturated carbocycles. The van der Waals surface area contributed by atoms with Crippen molar-refractivity contribution < 1.29 is 4.74 Å². The van der Waals surface area contributed by atoms with Gasteiger partial charge >= 0.3 is 0 Å². The third kappa shape index (κ3) is 3.03. The van der Waals surface area contributed by atoms with Crippen molar-refractivity contribution in [1.29, 1.82) is 0 Å². The maximum absolute atomic E-state index is 6.12. The molecule has 112 valence electrons. The lowest BCUT2D eigenvalue weighted by molar-refractivity contribution is 0.104. The molecule has 1 aliphatic heterocycles. The monoisotopic (exact) mass is 286 g/mol. The summed E-state index contributed by atoms with van der Waals surface area (Å²) in [5, 5.41) is 4.19. The van der Waals surface area contributed by atoms with E-state index >= 15 is 0 Å². The molecule has 0 radical (unpaired) electrons. The molecule has 1 fully saturated rings. The fourth-order valence-corrected chi connectivity index (χ4v) is 2.81. The zero-order valence-electron chi connectivity index (χ0n) is 12.6. The number of likely N-dealkylation sites (N-methyl/N-ethyl adjacent to an activating group) is 1. The SMILES string of the molecule is CN1CCCC(Oc2cccc(-c3cnn(C)c3N)c2)C1. The number of nitrogens with zero attached hydrogens (tertiary/aromatic N) is 3. The first-order valence-electron chi connectivity index (χ1n) is 7.36. The van der Waals surface area contributed by atoms with E-state index in [0.717, 1.165) is 36.4 Å². The van der Waals surface area contributed by atoms with Crippen LogP contribution in [0.5, 0.6) is 5.75 Å². The highest BCUT2D eigenvalue weighted by Crippen LogP contribution is 2.29. The van der Waals surface area contributed by atoms with Crippen LogP contribution >= 0.6 is 0 Å². The number of nitrogens with two attached hydrogens (primary N) is 1. The summed E-state index contributed by atoms with van der Waals surface area (Å²) in [6, 6.07) is 8.09. The van der Waals surface area contributed by atoms with Crippen LogP contribution in [0.3, 0.4) is 0 Å². The van der Waals surface area contributed by atoms with Gasteiger partial charge in [0.2, 0.25) is 0 Å². The lowest BCUT2D eigenvalue weighted by Gasteiger charge is -2.30. The highest BCUT2D eigenvalue weighted by Gasteiger charge is 2.18. The molecule has 0 spiro atoms. The smallest absolute Gasteiger partial charge is 0.129 e. The Balaban J connectivity index is 1.78. The highest BCUT2D eigenvalue weighted by atomic mass is 16.5. The summed E-state index contributed by atoms with van der Waals surface area (Å²) < 4.78 is 7.80. The summed E-state index contributed by atoms with van der Waals surface area (Å²) in [7, 11) is 3.99. The van der Waals surface area contributed by atoms with Crippen molar-refractivity contribution in [1.82, 2.24) is 14.7 Å². The number of benzene rings is 1. The van der Waals surface area contributed by atoms with Gasteiger partial charge in [0.25, 0.3) is 0 Å². The highest BCUT2D eigenvalue weighted by molar-refractivity contribution is 5.74. The third-order valence-electron chi connectivity index (χ3n) is 4.01. The summed E-state index contributed by atoms with van der Waals surface area (Å²) in [5.41, 5.74) is 8.03. The molecule has 2 heterocycles. The topological polar surface area (TPSA) is 56.3 Å². The summed E-state index contributed by atoms with van der Waals surface area (Å²) in [6.07, 6.45) is 4.37. The van der Waals surface area contributed by atoms with Gasteiger partial charge in [0.05, 0.1) is 6.20 Å². The Morgan fingerprint density at radius 3 is 2.90 bits per heavy atom. The molecule has 3 rings (SSSR count). The number of rotatable bonds is 3. The average molecular weight is 286 g/mol. The Morgan fingerprint density at radius 2 is 2.19 bits per heavy atom. The Labute approximate surface area is 125 Å². The summed E-state index contributed by atoms with van der Waals surface area (Å²) in [4.78, 5) is 2.32. The Kier molecular flexibility index (Phi) is 3.84. The minimum atomic E-state index is 0.269. The Bertz CT molecular complexity index is 622. The van der Waals surface area contributed by atoms with Gasteiger partial charge in [0, 0.05) is 19.2 Å². The number of hydrogen-bond acceptors (Lipinski definition) is 4. The molecular weight excluding hydrogens is 264 g/mol. The molecule has 1 saturated heterocycles. The maximum Gasteiger partial charge on any atom is 0.129 e. The minimum Gasteiger partial charge on any atom is -0.489 e. The van der Waals surface area contributed by atoms with Crippen molar-refractivity contribution in [2.75, 3.05) is 25.9 Å². The number of aryl methyl sites for hydroxylation is 1. The molecule has 2 aromatic rings. The number of ether oxygens (including phenoxy) is 1. The van der Waals surface area contributed by atoms with Gasteiger partial charge in [-0.1, -0.05) is 12.1 Å². The fourth-order valence-electron chi connectivity index (χ4n) is 2.81. The van der Waals surface area contributed by atoms with Crippen LogP contribution in [0.2, 0.25) is 0 Å². The second-order valence-corrected chi connectivity index (χ2v) is 5.74. The van der Waals surface area contributed by atoms with E-state index < -0.39 is 0 Å². The van der Waals surface area contributed by atoms with E-state index in [9.17, 15) is 0 Å². The van der Waals surface area contributed by atoms with Crippen molar-refractivity contribution in [2.45, 2.75) is 18.9 Å². The largest absolute Gasteiger partial charge is 0.489 e. The molecule has 0 bridgehead atoms. The molecule has 0 aliphatic carbocycles. The van der Waals surface area contributed by atoms with Gasteiger partial charge in [-0.2, -0.15) is 5.10 Å². The second-order valence-electron chi connectivity index (χ2n) is 5.74. The lowest BCUT2D eigenvalue weighted by Crippen LogP contribution is -2.38. The summed E-state index contributed by atoms with van der Waals surface area (Å²) >= 11 is 0.